The second-order valence-corrected chi connectivity index (χ2v) is 8.68. The van der Waals surface area contributed by atoms with Gasteiger partial charge in [-0.05, 0) is 43.7 Å². The first-order valence-corrected chi connectivity index (χ1v) is 11.6. The molecule has 3 unspecified atom stereocenters. The maximum atomic E-state index is 12.9. The van der Waals surface area contributed by atoms with Gasteiger partial charge in [-0.3, -0.25) is 4.79 Å². The van der Waals surface area contributed by atoms with Gasteiger partial charge in [0.1, 0.15) is 19.7 Å². The van der Waals surface area contributed by atoms with Crippen LogP contribution in [0.5, 0.6) is 0 Å². The normalized spacial score (nSPS) is 26.5. The third-order valence-electron chi connectivity index (χ3n) is 6.32. The van der Waals surface area contributed by atoms with E-state index in [1.165, 1.54) is 6.92 Å². The van der Waals surface area contributed by atoms with Gasteiger partial charge < -0.3 is 24.1 Å². The van der Waals surface area contributed by atoms with Crippen molar-refractivity contribution < 1.29 is 28.8 Å². The fourth-order valence-corrected chi connectivity index (χ4v) is 4.52. The Morgan fingerprint density at radius 2 is 1.56 bits per heavy atom. The van der Waals surface area contributed by atoms with Gasteiger partial charge in [0, 0.05) is 0 Å². The minimum atomic E-state index is -1.85. The van der Waals surface area contributed by atoms with Crippen LogP contribution >= 0.6 is 0 Å². The van der Waals surface area contributed by atoms with Crippen molar-refractivity contribution in [2.45, 2.75) is 64.1 Å². The highest BCUT2D eigenvalue weighted by atomic mass is 16.7. The van der Waals surface area contributed by atoms with Crippen molar-refractivity contribution in [2.75, 3.05) is 13.6 Å². The summed E-state index contributed by atoms with van der Waals surface area (Å²) in [4.78, 5) is 12.9. The van der Waals surface area contributed by atoms with Crippen molar-refractivity contribution in [1.82, 2.24) is 0 Å². The molecule has 0 heterocycles. The van der Waals surface area contributed by atoms with Gasteiger partial charge in [0.25, 0.3) is 0 Å². The summed E-state index contributed by atoms with van der Waals surface area (Å²) in [6, 6.07) is 19.4. The van der Waals surface area contributed by atoms with Crippen molar-refractivity contribution in [3.05, 3.63) is 71.8 Å². The van der Waals surface area contributed by atoms with E-state index in [2.05, 4.69) is 11.8 Å². The molecule has 0 radical (unpaired) electrons. The van der Waals surface area contributed by atoms with E-state index in [0.29, 0.717) is 26.1 Å². The van der Waals surface area contributed by atoms with E-state index in [9.17, 15) is 9.90 Å². The molecule has 0 spiro atoms. The largest absolute Gasteiger partial charge is 0.372 e. The van der Waals surface area contributed by atoms with E-state index < -0.39 is 17.3 Å². The molecule has 0 saturated heterocycles. The predicted octanol–water partition coefficient (Wildman–Crippen LogP) is 4.25. The molecule has 34 heavy (non-hydrogen) atoms. The number of ether oxygens (including phenoxy) is 4. The van der Waals surface area contributed by atoms with E-state index >= 15 is 0 Å². The number of Topliss-reactive ketones (excluding diaryl/α,β-unsaturated/α-hetero) is 1. The van der Waals surface area contributed by atoms with Gasteiger partial charge in [-0.15, -0.1) is 5.92 Å². The van der Waals surface area contributed by atoms with Gasteiger partial charge in [-0.2, -0.15) is 0 Å². The topological polar surface area (TPSA) is 74.2 Å². The lowest BCUT2D eigenvalue weighted by molar-refractivity contribution is -0.267. The monoisotopic (exact) mass is 466 g/mol. The Morgan fingerprint density at radius 3 is 2.09 bits per heavy atom. The van der Waals surface area contributed by atoms with Gasteiger partial charge in [-0.1, -0.05) is 73.5 Å². The smallest absolute Gasteiger partial charge is 0.188 e. The van der Waals surface area contributed by atoms with Gasteiger partial charge in [0.2, 0.25) is 0 Å². The summed E-state index contributed by atoms with van der Waals surface area (Å²) in [5, 5.41) is 11.9. The number of hydrogen-bond acceptors (Lipinski definition) is 6. The molecule has 1 aliphatic carbocycles. The van der Waals surface area contributed by atoms with E-state index in [-0.39, 0.29) is 25.3 Å². The highest BCUT2D eigenvalue weighted by molar-refractivity contribution is 5.88. The lowest BCUT2D eigenvalue weighted by Crippen LogP contribution is -2.70. The molecule has 3 rings (SSSR count). The van der Waals surface area contributed by atoms with E-state index in [1.807, 2.05) is 67.6 Å². The van der Waals surface area contributed by atoms with Crippen LogP contribution in [0.15, 0.2) is 60.7 Å². The Bertz CT molecular complexity index is 967. The average Bonchev–Trinajstić information content (AvgIpc) is 2.84. The number of carbonyl (C=O) groups excluding carboxylic acids is 1. The van der Waals surface area contributed by atoms with Crippen LogP contribution < -0.4 is 0 Å². The van der Waals surface area contributed by atoms with Gasteiger partial charge >= 0.3 is 0 Å². The summed E-state index contributed by atoms with van der Waals surface area (Å²) in [6.45, 7) is 5.51. The van der Waals surface area contributed by atoms with Crippen LogP contribution in [0.3, 0.4) is 0 Å². The van der Waals surface area contributed by atoms with E-state index in [1.54, 1.807) is 6.92 Å². The molecule has 6 nitrogen and oxygen atoms in total. The summed E-state index contributed by atoms with van der Waals surface area (Å²) in [6.07, 6.45) is 0.158. The highest BCUT2D eigenvalue weighted by Gasteiger charge is 2.63. The third-order valence-corrected chi connectivity index (χ3v) is 6.32. The maximum absolute atomic E-state index is 12.9. The number of carbonyl (C=O) groups is 1. The average molecular weight is 467 g/mol. The summed E-state index contributed by atoms with van der Waals surface area (Å²) in [5.41, 5.74) is -1.41. The Kier molecular flexibility index (Phi) is 9.40. The zero-order chi connectivity index (χ0) is 24.4. The zero-order valence-electron chi connectivity index (χ0n) is 20.2. The molecule has 4 atom stereocenters. The van der Waals surface area contributed by atoms with Crippen LogP contribution in [-0.4, -0.2) is 41.8 Å². The number of ketones is 1. The second-order valence-electron chi connectivity index (χ2n) is 8.68. The third kappa shape index (κ3) is 5.93. The number of benzene rings is 2. The van der Waals surface area contributed by atoms with Gasteiger partial charge in [0.05, 0.1) is 13.2 Å². The predicted molar refractivity (Wildman–Crippen MR) is 128 cm³/mol. The first-order chi connectivity index (χ1) is 16.4. The molecule has 2 aromatic rings. The van der Waals surface area contributed by atoms with Crippen LogP contribution in [-0.2, 0) is 37.0 Å². The molecule has 1 fully saturated rings. The number of hydrogen-bond donors (Lipinski definition) is 1. The Balaban J connectivity index is 1.70. The van der Waals surface area contributed by atoms with E-state index in [0.717, 1.165) is 11.1 Å². The Morgan fingerprint density at radius 1 is 1.00 bits per heavy atom. The molecule has 6 heteroatoms. The van der Waals surface area contributed by atoms with Gasteiger partial charge in [0.15, 0.2) is 17.0 Å². The minimum Gasteiger partial charge on any atom is -0.372 e. The van der Waals surface area contributed by atoms with Crippen LogP contribution in [0.4, 0.5) is 0 Å². The summed E-state index contributed by atoms with van der Waals surface area (Å²) in [7, 11) is 0. The highest BCUT2D eigenvalue weighted by Crippen LogP contribution is 2.45. The zero-order valence-corrected chi connectivity index (χ0v) is 20.2. The van der Waals surface area contributed by atoms with Crippen LogP contribution in [0.1, 0.15) is 44.7 Å². The van der Waals surface area contributed by atoms with E-state index in [4.69, 9.17) is 18.9 Å². The number of aliphatic hydroxyl groups is 1. The molecule has 1 aliphatic rings. The summed E-state index contributed by atoms with van der Waals surface area (Å²) < 4.78 is 23.4. The number of rotatable bonds is 11. The Hall–Kier alpha value is -2.53. The van der Waals surface area contributed by atoms with Crippen molar-refractivity contribution >= 4 is 5.78 Å². The van der Waals surface area contributed by atoms with Crippen LogP contribution in [0.2, 0.25) is 0 Å². The lowest BCUT2D eigenvalue weighted by Gasteiger charge is -2.51. The molecule has 182 valence electrons. The van der Waals surface area contributed by atoms with Crippen molar-refractivity contribution in [2.24, 2.45) is 5.92 Å². The molecule has 1 saturated carbocycles. The second kappa shape index (κ2) is 12.3. The molecular formula is C28H34O6. The molecule has 2 aromatic carbocycles. The van der Waals surface area contributed by atoms with Crippen LogP contribution in [0, 0.1) is 17.8 Å². The van der Waals surface area contributed by atoms with Gasteiger partial charge in [-0.25, -0.2) is 0 Å². The fourth-order valence-electron chi connectivity index (χ4n) is 4.52. The van der Waals surface area contributed by atoms with Crippen molar-refractivity contribution in [3.63, 3.8) is 0 Å². The SMILES string of the molecule is CC#CC1(O)C(OCOCc2ccccc2)C(C)CC[C@]1(OCOCc1ccccc1)C(C)=O. The standard InChI is InChI=1S/C28H34O6/c1-4-16-27(30)26(33-20-31-18-24-11-7-5-8-12-24)22(2)15-17-28(27,23(3)29)34-21-32-19-25-13-9-6-10-14-25/h5-14,22,26,30H,15,17-21H2,1-3H3/t22?,26?,27?,28-/m0/s1. The first-order valence-electron chi connectivity index (χ1n) is 11.6. The maximum Gasteiger partial charge on any atom is 0.188 e. The quantitative estimate of drug-likeness (QED) is 0.303. The molecule has 0 aromatic heterocycles. The molecule has 0 amide bonds. The minimum absolute atomic E-state index is 0.0455. The first kappa shape index (κ1) is 26.1. The van der Waals surface area contributed by atoms with Crippen molar-refractivity contribution in [1.29, 1.82) is 0 Å². The summed E-state index contributed by atoms with van der Waals surface area (Å²) >= 11 is 0. The van der Waals surface area contributed by atoms with Crippen molar-refractivity contribution in [3.8, 4) is 11.8 Å². The molecular weight excluding hydrogens is 432 g/mol. The lowest BCUT2D eigenvalue weighted by atomic mass is 9.64. The molecule has 0 aliphatic heterocycles. The summed E-state index contributed by atoms with van der Waals surface area (Å²) in [5.74, 6) is 5.26. The fraction of sp³-hybridized carbons (Fsp3) is 0.464. The Labute approximate surface area is 202 Å². The molecule has 0 bridgehead atoms. The molecule has 1 N–H and O–H groups in total. The van der Waals surface area contributed by atoms with Crippen LogP contribution in [0.25, 0.3) is 0 Å².